The van der Waals surface area contributed by atoms with Gasteiger partial charge in [-0.05, 0) is 36.9 Å². The summed E-state index contributed by atoms with van der Waals surface area (Å²) in [6, 6.07) is 0. The molecule has 0 bridgehead atoms. The monoisotopic (exact) mass is 290 g/mol. The predicted octanol–water partition coefficient (Wildman–Crippen LogP) is 0.373. The summed E-state index contributed by atoms with van der Waals surface area (Å²) < 4.78 is 2.58. The molecule has 1 atom stereocenters. The fourth-order valence-corrected chi connectivity index (χ4v) is 2.18. The van der Waals surface area contributed by atoms with Crippen molar-refractivity contribution in [3.63, 3.8) is 0 Å². The highest BCUT2D eigenvalue weighted by molar-refractivity contribution is 9.10. The maximum atomic E-state index is 10.2. The molecule has 0 aliphatic carbocycles. The van der Waals surface area contributed by atoms with E-state index in [1.807, 2.05) is 14.1 Å². The molecule has 5 nitrogen and oxygen atoms in total. The van der Waals surface area contributed by atoms with E-state index < -0.39 is 5.60 Å². The first-order valence-electron chi connectivity index (χ1n) is 5.17. The van der Waals surface area contributed by atoms with Crippen LogP contribution in [0.3, 0.4) is 0 Å². The molecule has 0 fully saturated rings. The quantitative estimate of drug-likeness (QED) is 0.822. The summed E-state index contributed by atoms with van der Waals surface area (Å²) in [4.78, 5) is 2.07. The Morgan fingerprint density at radius 2 is 2.25 bits per heavy atom. The second-order valence-corrected chi connectivity index (χ2v) is 5.20. The third kappa shape index (κ3) is 3.04. The molecule has 1 rings (SSSR count). The van der Waals surface area contributed by atoms with Crippen molar-refractivity contribution in [2.75, 3.05) is 27.2 Å². The fourth-order valence-electron chi connectivity index (χ4n) is 1.46. The molecule has 92 valence electrons. The lowest BCUT2D eigenvalue weighted by Gasteiger charge is -2.23. The Labute approximate surface area is 104 Å². The van der Waals surface area contributed by atoms with Crippen LogP contribution in [-0.4, -0.2) is 47.0 Å². The van der Waals surface area contributed by atoms with Gasteiger partial charge in [-0.3, -0.25) is 4.68 Å². The Hall–Kier alpha value is -0.430. The second-order valence-electron chi connectivity index (χ2n) is 4.35. The normalized spacial score (nSPS) is 15.4. The second kappa shape index (κ2) is 5.27. The van der Waals surface area contributed by atoms with Crippen LogP contribution in [0.5, 0.6) is 0 Å². The van der Waals surface area contributed by atoms with Crippen molar-refractivity contribution in [2.24, 2.45) is 5.73 Å². The Bertz CT molecular complexity index is 349. The molecule has 3 N–H and O–H groups in total. The topological polar surface area (TPSA) is 67.3 Å². The van der Waals surface area contributed by atoms with Crippen LogP contribution < -0.4 is 5.73 Å². The summed E-state index contributed by atoms with van der Waals surface area (Å²) in [5.74, 6) is 0. The van der Waals surface area contributed by atoms with Gasteiger partial charge in [-0.25, -0.2) is 0 Å². The standard InChI is InChI=1S/C10H19BrN4O/c1-10(16,7-12)9-8(11)6-13-15(9)5-4-14(2)3/h6,16H,4-5,7,12H2,1-3H3. The van der Waals surface area contributed by atoms with E-state index in [0.717, 1.165) is 23.3 Å². The molecule has 0 aromatic carbocycles. The summed E-state index contributed by atoms with van der Waals surface area (Å²) in [7, 11) is 4.00. The van der Waals surface area contributed by atoms with Crippen molar-refractivity contribution in [3.05, 3.63) is 16.4 Å². The van der Waals surface area contributed by atoms with Gasteiger partial charge in [0.2, 0.25) is 0 Å². The summed E-state index contributed by atoms with van der Waals surface area (Å²) in [5, 5.41) is 14.4. The van der Waals surface area contributed by atoms with Gasteiger partial charge in [0.25, 0.3) is 0 Å². The molecule has 1 aromatic heterocycles. The number of halogens is 1. The average Bonchev–Trinajstić information content (AvgIpc) is 2.57. The first-order chi connectivity index (χ1) is 7.38. The van der Waals surface area contributed by atoms with E-state index in [2.05, 4.69) is 25.9 Å². The van der Waals surface area contributed by atoms with E-state index in [1.54, 1.807) is 17.8 Å². The fraction of sp³-hybridized carbons (Fsp3) is 0.700. The maximum Gasteiger partial charge on any atom is 0.117 e. The number of hydrogen-bond donors (Lipinski definition) is 2. The molecule has 0 amide bonds. The summed E-state index contributed by atoms with van der Waals surface area (Å²) >= 11 is 3.39. The zero-order valence-electron chi connectivity index (χ0n) is 9.94. The van der Waals surface area contributed by atoms with Gasteiger partial charge in [-0.2, -0.15) is 5.10 Å². The van der Waals surface area contributed by atoms with E-state index in [-0.39, 0.29) is 6.54 Å². The molecule has 1 heterocycles. The first kappa shape index (κ1) is 13.6. The molecule has 0 radical (unpaired) electrons. The number of hydrogen-bond acceptors (Lipinski definition) is 4. The molecule has 0 aliphatic rings. The van der Waals surface area contributed by atoms with E-state index >= 15 is 0 Å². The van der Waals surface area contributed by atoms with Gasteiger partial charge < -0.3 is 15.7 Å². The smallest absolute Gasteiger partial charge is 0.117 e. The minimum absolute atomic E-state index is 0.166. The summed E-state index contributed by atoms with van der Waals surface area (Å²) in [6.07, 6.45) is 1.69. The number of likely N-dealkylation sites (N-methyl/N-ethyl adjacent to an activating group) is 1. The minimum Gasteiger partial charge on any atom is -0.382 e. The van der Waals surface area contributed by atoms with Crippen LogP contribution in [0.1, 0.15) is 12.6 Å². The number of aliphatic hydroxyl groups is 1. The Kier molecular flexibility index (Phi) is 4.49. The van der Waals surface area contributed by atoms with Crippen molar-refractivity contribution in [2.45, 2.75) is 19.1 Å². The number of rotatable bonds is 5. The predicted molar refractivity (Wildman–Crippen MR) is 67.1 cm³/mol. The van der Waals surface area contributed by atoms with E-state index in [9.17, 15) is 5.11 Å². The molecule has 1 unspecified atom stereocenters. The largest absolute Gasteiger partial charge is 0.382 e. The van der Waals surface area contributed by atoms with Crippen molar-refractivity contribution in [1.82, 2.24) is 14.7 Å². The average molecular weight is 291 g/mol. The lowest BCUT2D eigenvalue weighted by atomic mass is 10.0. The summed E-state index contributed by atoms with van der Waals surface area (Å²) in [5.41, 5.74) is 5.25. The van der Waals surface area contributed by atoms with Crippen LogP contribution in [0.15, 0.2) is 10.7 Å². The minimum atomic E-state index is -1.05. The van der Waals surface area contributed by atoms with Crippen molar-refractivity contribution >= 4 is 15.9 Å². The number of nitrogens with zero attached hydrogens (tertiary/aromatic N) is 3. The lowest BCUT2D eigenvalue weighted by molar-refractivity contribution is 0.0556. The zero-order chi connectivity index (χ0) is 12.3. The van der Waals surface area contributed by atoms with Gasteiger partial charge in [0.05, 0.1) is 22.9 Å². The molecular weight excluding hydrogens is 272 g/mol. The van der Waals surface area contributed by atoms with Crippen LogP contribution in [0, 0.1) is 0 Å². The molecule has 0 aliphatic heterocycles. The molecule has 0 spiro atoms. The van der Waals surface area contributed by atoms with E-state index in [0.29, 0.717) is 0 Å². The Morgan fingerprint density at radius 3 is 2.75 bits per heavy atom. The molecule has 0 saturated carbocycles. The molecule has 0 saturated heterocycles. The molecule has 6 heteroatoms. The number of aromatic nitrogens is 2. The Morgan fingerprint density at radius 1 is 1.62 bits per heavy atom. The highest BCUT2D eigenvalue weighted by atomic mass is 79.9. The summed E-state index contributed by atoms with van der Waals surface area (Å²) in [6.45, 7) is 3.45. The number of nitrogens with two attached hydrogens (primary N) is 1. The molecular formula is C10H19BrN4O. The maximum absolute atomic E-state index is 10.2. The van der Waals surface area contributed by atoms with Crippen molar-refractivity contribution < 1.29 is 5.11 Å². The Balaban J connectivity index is 2.94. The van der Waals surface area contributed by atoms with Gasteiger partial charge in [0, 0.05) is 13.1 Å². The van der Waals surface area contributed by atoms with Gasteiger partial charge in [-0.1, -0.05) is 0 Å². The van der Waals surface area contributed by atoms with Crippen LogP contribution >= 0.6 is 15.9 Å². The van der Waals surface area contributed by atoms with E-state index in [1.165, 1.54) is 0 Å². The van der Waals surface area contributed by atoms with Crippen molar-refractivity contribution in [3.8, 4) is 0 Å². The van der Waals surface area contributed by atoms with Crippen LogP contribution in [0.25, 0.3) is 0 Å². The molecule has 1 aromatic rings. The van der Waals surface area contributed by atoms with Gasteiger partial charge >= 0.3 is 0 Å². The van der Waals surface area contributed by atoms with Crippen LogP contribution in [0.2, 0.25) is 0 Å². The molecule has 16 heavy (non-hydrogen) atoms. The third-order valence-corrected chi connectivity index (χ3v) is 3.04. The lowest BCUT2D eigenvalue weighted by Crippen LogP contribution is -2.35. The van der Waals surface area contributed by atoms with E-state index in [4.69, 9.17) is 5.73 Å². The van der Waals surface area contributed by atoms with Gasteiger partial charge in [0.1, 0.15) is 5.60 Å². The first-order valence-corrected chi connectivity index (χ1v) is 5.96. The third-order valence-electron chi connectivity index (χ3n) is 2.46. The zero-order valence-corrected chi connectivity index (χ0v) is 11.5. The SMILES string of the molecule is CN(C)CCn1ncc(Br)c1C(C)(O)CN. The van der Waals surface area contributed by atoms with Crippen LogP contribution in [0.4, 0.5) is 0 Å². The van der Waals surface area contributed by atoms with Gasteiger partial charge in [0.15, 0.2) is 0 Å². The van der Waals surface area contributed by atoms with Crippen LogP contribution in [-0.2, 0) is 12.1 Å². The van der Waals surface area contributed by atoms with Gasteiger partial charge in [-0.15, -0.1) is 0 Å². The highest BCUT2D eigenvalue weighted by Gasteiger charge is 2.28. The van der Waals surface area contributed by atoms with Crippen molar-refractivity contribution in [1.29, 1.82) is 0 Å². The highest BCUT2D eigenvalue weighted by Crippen LogP contribution is 2.27.